The zero-order valence-corrected chi connectivity index (χ0v) is 8.41. The fourth-order valence-corrected chi connectivity index (χ4v) is 1.67. The Hall–Kier alpha value is -2.43. The van der Waals surface area contributed by atoms with Crippen molar-refractivity contribution >= 4 is 16.9 Å². The van der Waals surface area contributed by atoms with Gasteiger partial charge < -0.3 is 10.3 Å². The van der Waals surface area contributed by atoms with Gasteiger partial charge >= 0.3 is 0 Å². The van der Waals surface area contributed by atoms with Gasteiger partial charge in [0.05, 0.1) is 5.69 Å². The Balaban J connectivity index is 2.26. The number of nitrogen functional groups attached to an aromatic ring is 1. The van der Waals surface area contributed by atoms with Crippen LogP contribution in [0.25, 0.3) is 16.7 Å². The zero-order valence-electron chi connectivity index (χ0n) is 8.41. The molecule has 2 N–H and O–H groups in total. The number of rotatable bonds is 1. The molecule has 0 aliphatic heterocycles. The number of nitrogens with zero attached hydrogens (tertiary/aromatic N) is 4. The van der Waals surface area contributed by atoms with Gasteiger partial charge in [0.25, 0.3) is 0 Å². The molecular formula is C11H9N5. The summed E-state index contributed by atoms with van der Waals surface area (Å²) in [4.78, 5) is 12.2. The predicted molar refractivity (Wildman–Crippen MR) is 61.1 cm³/mol. The van der Waals surface area contributed by atoms with Crippen LogP contribution in [0.5, 0.6) is 0 Å². The molecule has 0 radical (unpaired) electrons. The van der Waals surface area contributed by atoms with Gasteiger partial charge in [0.1, 0.15) is 17.8 Å². The lowest BCUT2D eigenvalue weighted by Gasteiger charge is -2.04. The third-order valence-electron chi connectivity index (χ3n) is 2.39. The topological polar surface area (TPSA) is 69.6 Å². The van der Waals surface area contributed by atoms with E-state index in [9.17, 15) is 0 Å². The third kappa shape index (κ3) is 1.30. The van der Waals surface area contributed by atoms with E-state index in [4.69, 9.17) is 5.73 Å². The summed E-state index contributed by atoms with van der Waals surface area (Å²) in [6.45, 7) is 0. The molecule has 0 aliphatic rings. The van der Waals surface area contributed by atoms with Gasteiger partial charge in [-0.3, -0.25) is 0 Å². The summed E-state index contributed by atoms with van der Waals surface area (Å²) in [5, 5.41) is 0.998. The molecule has 78 valence electrons. The van der Waals surface area contributed by atoms with Gasteiger partial charge in [0.15, 0.2) is 0 Å². The monoisotopic (exact) mass is 211 g/mol. The summed E-state index contributed by atoms with van der Waals surface area (Å²) < 4.78 is 1.95. The van der Waals surface area contributed by atoms with Crippen molar-refractivity contribution in [3.8, 4) is 5.69 Å². The van der Waals surface area contributed by atoms with Gasteiger partial charge in [-0.25, -0.2) is 15.0 Å². The van der Waals surface area contributed by atoms with Crippen molar-refractivity contribution in [3.63, 3.8) is 0 Å². The smallest absolute Gasteiger partial charge is 0.147 e. The molecule has 5 nitrogen and oxygen atoms in total. The van der Waals surface area contributed by atoms with Crippen LogP contribution in [0.1, 0.15) is 0 Å². The molecule has 0 atom stereocenters. The predicted octanol–water partition coefficient (Wildman–Crippen LogP) is 1.40. The Bertz CT molecular complexity index is 643. The molecule has 0 saturated carbocycles. The van der Waals surface area contributed by atoms with Gasteiger partial charge in [0, 0.05) is 30.0 Å². The fourth-order valence-electron chi connectivity index (χ4n) is 1.67. The maximum absolute atomic E-state index is 5.65. The van der Waals surface area contributed by atoms with Gasteiger partial charge in [-0.05, 0) is 12.1 Å². The minimum atomic E-state index is 0.494. The lowest BCUT2D eigenvalue weighted by molar-refractivity contribution is 1.07. The van der Waals surface area contributed by atoms with Crippen LogP contribution in [0.2, 0.25) is 0 Å². The number of aromatic nitrogens is 4. The van der Waals surface area contributed by atoms with Crippen LogP contribution in [-0.4, -0.2) is 19.5 Å². The second kappa shape index (κ2) is 3.30. The van der Waals surface area contributed by atoms with Crippen LogP contribution in [0, 0.1) is 0 Å². The molecule has 0 aliphatic carbocycles. The normalized spacial score (nSPS) is 10.8. The first-order chi connectivity index (χ1) is 7.84. The maximum Gasteiger partial charge on any atom is 0.147 e. The molecule has 5 heteroatoms. The third-order valence-corrected chi connectivity index (χ3v) is 2.39. The second-order valence-corrected chi connectivity index (χ2v) is 3.43. The molecule has 0 amide bonds. The number of nitrogens with two attached hydrogens (primary N) is 1. The van der Waals surface area contributed by atoms with Crippen LogP contribution in [0.4, 0.5) is 5.82 Å². The van der Waals surface area contributed by atoms with Crippen molar-refractivity contribution in [2.24, 2.45) is 0 Å². The summed E-state index contributed by atoms with van der Waals surface area (Å²) in [6, 6.07) is 5.66. The highest BCUT2D eigenvalue weighted by Crippen LogP contribution is 2.17. The van der Waals surface area contributed by atoms with Crippen LogP contribution in [-0.2, 0) is 0 Å². The summed E-state index contributed by atoms with van der Waals surface area (Å²) in [6.07, 6.45) is 6.93. The highest BCUT2D eigenvalue weighted by atomic mass is 15.0. The number of fused-ring (bicyclic) bond motifs is 1. The first-order valence-corrected chi connectivity index (χ1v) is 4.83. The molecule has 16 heavy (non-hydrogen) atoms. The van der Waals surface area contributed by atoms with Crippen molar-refractivity contribution in [1.82, 2.24) is 19.5 Å². The maximum atomic E-state index is 5.65. The van der Waals surface area contributed by atoms with E-state index in [-0.39, 0.29) is 0 Å². The summed E-state index contributed by atoms with van der Waals surface area (Å²) in [5.74, 6) is 0.494. The van der Waals surface area contributed by atoms with E-state index in [0.717, 1.165) is 16.7 Å². The molecule has 3 aromatic heterocycles. The highest BCUT2D eigenvalue weighted by Gasteiger charge is 2.04. The number of pyridine rings is 1. The SMILES string of the molecule is Nc1cc(-n2ccc3cncnc32)ccn1. The first kappa shape index (κ1) is 8.84. The molecular weight excluding hydrogens is 202 g/mol. The largest absolute Gasteiger partial charge is 0.384 e. The average Bonchev–Trinajstić information content (AvgIpc) is 2.72. The minimum absolute atomic E-state index is 0.494. The number of anilines is 1. The Morgan fingerprint density at radius 3 is 3.00 bits per heavy atom. The molecule has 0 unspecified atom stereocenters. The van der Waals surface area contributed by atoms with E-state index in [1.165, 1.54) is 6.33 Å². The lowest BCUT2D eigenvalue weighted by atomic mass is 10.4. The molecule has 0 aromatic carbocycles. The van der Waals surface area contributed by atoms with E-state index in [1.807, 2.05) is 29.0 Å². The summed E-state index contributed by atoms with van der Waals surface area (Å²) in [7, 11) is 0. The minimum Gasteiger partial charge on any atom is -0.384 e. The fraction of sp³-hybridized carbons (Fsp3) is 0. The van der Waals surface area contributed by atoms with Crippen LogP contribution in [0.3, 0.4) is 0 Å². The van der Waals surface area contributed by atoms with Gasteiger partial charge in [-0.2, -0.15) is 0 Å². The zero-order chi connectivity index (χ0) is 11.0. The van der Waals surface area contributed by atoms with Crippen molar-refractivity contribution in [2.75, 3.05) is 5.73 Å². The van der Waals surface area contributed by atoms with E-state index in [0.29, 0.717) is 5.82 Å². The molecule has 3 aromatic rings. The summed E-state index contributed by atoms with van der Waals surface area (Å²) >= 11 is 0. The lowest BCUT2D eigenvalue weighted by Crippen LogP contribution is -1.97. The van der Waals surface area contributed by atoms with Crippen molar-refractivity contribution in [1.29, 1.82) is 0 Å². The van der Waals surface area contributed by atoms with E-state index in [2.05, 4.69) is 15.0 Å². The van der Waals surface area contributed by atoms with Gasteiger partial charge in [-0.15, -0.1) is 0 Å². The Labute approximate surface area is 91.6 Å². The average molecular weight is 211 g/mol. The number of hydrogen-bond donors (Lipinski definition) is 1. The van der Waals surface area contributed by atoms with Gasteiger partial charge in [0.2, 0.25) is 0 Å². The number of hydrogen-bond acceptors (Lipinski definition) is 4. The molecule has 3 heterocycles. The second-order valence-electron chi connectivity index (χ2n) is 3.43. The standard InChI is InChI=1S/C11H9N5/c12-10-5-9(1-3-14-10)16-4-2-8-6-13-7-15-11(8)16/h1-7H,(H2,12,14). The highest BCUT2D eigenvalue weighted by molar-refractivity contribution is 5.77. The Morgan fingerprint density at radius 2 is 2.12 bits per heavy atom. The molecule has 0 spiro atoms. The summed E-state index contributed by atoms with van der Waals surface area (Å²) in [5.41, 5.74) is 7.46. The molecule has 0 bridgehead atoms. The Kier molecular flexibility index (Phi) is 1.83. The van der Waals surface area contributed by atoms with E-state index in [1.54, 1.807) is 12.4 Å². The van der Waals surface area contributed by atoms with Crippen molar-refractivity contribution in [2.45, 2.75) is 0 Å². The molecule has 0 saturated heterocycles. The molecule has 0 fully saturated rings. The van der Waals surface area contributed by atoms with Gasteiger partial charge in [-0.1, -0.05) is 0 Å². The quantitative estimate of drug-likeness (QED) is 0.660. The van der Waals surface area contributed by atoms with Crippen molar-refractivity contribution in [3.05, 3.63) is 43.1 Å². The van der Waals surface area contributed by atoms with Crippen LogP contribution in [0.15, 0.2) is 43.1 Å². The van der Waals surface area contributed by atoms with Crippen molar-refractivity contribution < 1.29 is 0 Å². The molecule has 3 rings (SSSR count). The van der Waals surface area contributed by atoms with E-state index < -0.39 is 0 Å². The first-order valence-electron chi connectivity index (χ1n) is 4.83. The van der Waals surface area contributed by atoms with E-state index >= 15 is 0 Å². The van der Waals surface area contributed by atoms with Crippen LogP contribution >= 0.6 is 0 Å². The Morgan fingerprint density at radius 1 is 1.19 bits per heavy atom. The van der Waals surface area contributed by atoms with Crippen LogP contribution < -0.4 is 5.73 Å².